The molecule has 204 valence electrons. The lowest BCUT2D eigenvalue weighted by Gasteiger charge is -2.27. The summed E-state index contributed by atoms with van der Waals surface area (Å²) in [6.07, 6.45) is 44.4. The molecule has 3 unspecified atom stereocenters. The molecule has 1 heteroatoms. The van der Waals surface area contributed by atoms with Crippen molar-refractivity contribution in [2.45, 2.75) is 155 Å². The van der Waals surface area contributed by atoms with Gasteiger partial charge in [0.15, 0.2) is 0 Å². The molecule has 1 heterocycles. The van der Waals surface area contributed by atoms with Crippen molar-refractivity contribution in [3.63, 3.8) is 0 Å². The van der Waals surface area contributed by atoms with Gasteiger partial charge in [-0.05, 0) is 55.4 Å². The molecule has 3 rings (SSSR count). The maximum absolute atomic E-state index is 5.22. The zero-order chi connectivity index (χ0) is 25.1. The van der Waals surface area contributed by atoms with Crippen LogP contribution in [-0.4, -0.2) is 12.3 Å². The Morgan fingerprint density at radius 1 is 0.667 bits per heavy atom. The SMILES string of the molecule is CCCCCCCCCCCC1C=CC=CC(/C2=N/CCCC3CCCCCCCCCC3CC2)=C1. The van der Waals surface area contributed by atoms with Gasteiger partial charge in [-0.1, -0.05) is 153 Å². The van der Waals surface area contributed by atoms with Crippen LogP contribution in [0.3, 0.4) is 0 Å². The first kappa shape index (κ1) is 29.4. The van der Waals surface area contributed by atoms with E-state index in [0.717, 1.165) is 18.4 Å². The molecule has 0 saturated heterocycles. The third-order valence-electron chi connectivity index (χ3n) is 9.22. The molecule has 0 radical (unpaired) electrons. The molecule has 0 aromatic rings. The van der Waals surface area contributed by atoms with Crippen LogP contribution in [0.15, 0.2) is 40.9 Å². The summed E-state index contributed by atoms with van der Waals surface area (Å²) < 4.78 is 0. The van der Waals surface area contributed by atoms with Crippen molar-refractivity contribution < 1.29 is 0 Å². The molecule has 0 bridgehead atoms. The second kappa shape index (κ2) is 19.0. The molecule has 1 aliphatic heterocycles. The number of allylic oxidation sites excluding steroid dienone is 6. The number of hydrogen-bond acceptors (Lipinski definition) is 1. The molecule has 0 aromatic carbocycles. The van der Waals surface area contributed by atoms with Gasteiger partial charge in [-0.2, -0.15) is 0 Å². The van der Waals surface area contributed by atoms with E-state index in [1.165, 1.54) is 159 Å². The molecule has 1 fully saturated rings. The van der Waals surface area contributed by atoms with Crippen molar-refractivity contribution in [2.75, 3.05) is 6.54 Å². The van der Waals surface area contributed by atoms with Gasteiger partial charge in [0.25, 0.3) is 0 Å². The summed E-state index contributed by atoms with van der Waals surface area (Å²) in [6, 6.07) is 0. The third kappa shape index (κ3) is 12.0. The van der Waals surface area contributed by atoms with Crippen molar-refractivity contribution in [2.24, 2.45) is 22.7 Å². The Labute approximate surface area is 225 Å². The topological polar surface area (TPSA) is 12.4 Å². The molecule has 0 aromatic heterocycles. The Morgan fingerprint density at radius 3 is 2.00 bits per heavy atom. The molecule has 2 aliphatic carbocycles. The zero-order valence-corrected chi connectivity index (χ0v) is 24.0. The lowest BCUT2D eigenvalue weighted by atomic mass is 9.78. The van der Waals surface area contributed by atoms with Gasteiger partial charge >= 0.3 is 0 Å². The van der Waals surface area contributed by atoms with E-state index < -0.39 is 0 Å². The number of rotatable bonds is 11. The van der Waals surface area contributed by atoms with Crippen LogP contribution in [0, 0.1) is 17.8 Å². The highest BCUT2D eigenvalue weighted by molar-refractivity contribution is 6.02. The molecular formula is C35H59N. The molecule has 36 heavy (non-hydrogen) atoms. The van der Waals surface area contributed by atoms with Crippen LogP contribution in [0.1, 0.15) is 155 Å². The van der Waals surface area contributed by atoms with Crippen LogP contribution in [0.5, 0.6) is 0 Å². The van der Waals surface area contributed by atoms with E-state index in [9.17, 15) is 0 Å². The number of hydrogen-bond donors (Lipinski definition) is 0. The van der Waals surface area contributed by atoms with E-state index in [-0.39, 0.29) is 0 Å². The number of fused-ring (bicyclic) bond motifs is 1. The first-order valence-corrected chi connectivity index (χ1v) is 16.5. The summed E-state index contributed by atoms with van der Waals surface area (Å²) in [7, 11) is 0. The van der Waals surface area contributed by atoms with Crippen LogP contribution in [0.2, 0.25) is 0 Å². The Bertz CT molecular complexity index is 681. The second-order valence-electron chi connectivity index (χ2n) is 12.2. The third-order valence-corrected chi connectivity index (χ3v) is 9.22. The monoisotopic (exact) mass is 493 g/mol. The summed E-state index contributed by atoms with van der Waals surface area (Å²) in [6.45, 7) is 3.35. The van der Waals surface area contributed by atoms with Crippen LogP contribution in [0.25, 0.3) is 0 Å². The van der Waals surface area contributed by atoms with Gasteiger partial charge in [-0.3, -0.25) is 4.99 Å². The van der Waals surface area contributed by atoms with E-state index in [0.29, 0.717) is 5.92 Å². The minimum absolute atomic E-state index is 0.583. The maximum Gasteiger partial charge on any atom is 0.0417 e. The highest BCUT2D eigenvalue weighted by Crippen LogP contribution is 2.34. The Kier molecular flexibility index (Phi) is 15.6. The fourth-order valence-electron chi connectivity index (χ4n) is 6.90. The molecule has 1 nitrogen and oxygen atoms in total. The number of nitrogens with zero attached hydrogens (tertiary/aromatic N) is 1. The van der Waals surface area contributed by atoms with Gasteiger partial charge in [-0.15, -0.1) is 0 Å². The summed E-state index contributed by atoms with van der Waals surface area (Å²) in [4.78, 5) is 5.22. The molecule has 0 N–H and O–H groups in total. The van der Waals surface area contributed by atoms with Gasteiger partial charge in [-0.25, -0.2) is 0 Å². The van der Waals surface area contributed by atoms with E-state index >= 15 is 0 Å². The predicted molar refractivity (Wildman–Crippen MR) is 161 cm³/mol. The minimum Gasteiger partial charge on any atom is -0.289 e. The molecular weight excluding hydrogens is 434 g/mol. The van der Waals surface area contributed by atoms with Crippen LogP contribution >= 0.6 is 0 Å². The molecule has 3 atom stereocenters. The van der Waals surface area contributed by atoms with E-state index in [4.69, 9.17) is 4.99 Å². The lowest BCUT2D eigenvalue weighted by Crippen LogP contribution is -2.16. The quantitative estimate of drug-likeness (QED) is 0.254. The Morgan fingerprint density at radius 2 is 1.28 bits per heavy atom. The summed E-state index contributed by atoms with van der Waals surface area (Å²) >= 11 is 0. The second-order valence-corrected chi connectivity index (χ2v) is 12.2. The maximum atomic E-state index is 5.22. The average Bonchev–Trinajstić information content (AvgIpc) is 3.10. The van der Waals surface area contributed by atoms with E-state index in [1.54, 1.807) is 0 Å². The fraction of sp³-hybridized carbons (Fsp3) is 0.800. The largest absolute Gasteiger partial charge is 0.289 e. The van der Waals surface area contributed by atoms with Crippen molar-refractivity contribution in [1.29, 1.82) is 0 Å². The van der Waals surface area contributed by atoms with Gasteiger partial charge in [0.2, 0.25) is 0 Å². The van der Waals surface area contributed by atoms with Crippen LogP contribution < -0.4 is 0 Å². The molecule has 3 aliphatic rings. The Balaban J connectivity index is 1.49. The normalized spacial score (nSPS) is 27.9. The predicted octanol–water partition coefficient (Wildman–Crippen LogP) is 11.3. The van der Waals surface area contributed by atoms with Crippen LogP contribution in [-0.2, 0) is 0 Å². The average molecular weight is 494 g/mol. The Hall–Kier alpha value is -1.11. The highest BCUT2D eigenvalue weighted by atomic mass is 14.7. The van der Waals surface area contributed by atoms with E-state index in [1.807, 2.05) is 0 Å². The first-order chi connectivity index (χ1) is 17.9. The van der Waals surface area contributed by atoms with Gasteiger partial charge in [0.1, 0.15) is 0 Å². The smallest absolute Gasteiger partial charge is 0.0417 e. The summed E-state index contributed by atoms with van der Waals surface area (Å²) in [5, 5.41) is 0. The number of unbranched alkanes of at least 4 members (excludes halogenated alkanes) is 8. The van der Waals surface area contributed by atoms with Crippen molar-refractivity contribution >= 4 is 5.71 Å². The van der Waals surface area contributed by atoms with Gasteiger partial charge in [0, 0.05) is 12.3 Å². The van der Waals surface area contributed by atoms with Crippen molar-refractivity contribution in [3.8, 4) is 0 Å². The standard InChI is InChI=1S/C35H59N/c1-2-3-4-5-6-7-9-12-15-21-31-22-18-19-25-34(30-31)35-28-27-33-24-17-14-11-8-10-13-16-23-32(33)26-20-29-36-35/h18-19,22,25,30-33H,2-17,20-21,23-24,26-29H2,1H3/b36-35+. The summed E-state index contributed by atoms with van der Waals surface area (Å²) in [5.74, 6) is 2.47. The molecule has 1 saturated carbocycles. The number of aliphatic imine (C=N–C) groups is 1. The highest BCUT2D eigenvalue weighted by Gasteiger charge is 2.23. The van der Waals surface area contributed by atoms with E-state index in [2.05, 4.69) is 37.3 Å². The van der Waals surface area contributed by atoms with Crippen molar-refractivity contribution in [3.05, 3.63) is 36.0 Å². The molecule has 0 amide bonds. The van der Waals surface area contributed by atoms with Gasteiger partial charge < -0.3 is 0 Å². The zero-order valence-electron chi connectivity index (χ0n) is 24.0. The minimum atomic E-state index is 0.583. The van der Waals surface area contributed by atoms with Crippen LogP contribution in [0.4, 0.5) is 0 Å². The van der Waals surface area contributed by atoms with Gasteiger partial charge in [0.05, 0.1) is 0 Å². The van der Waals surface area contributed by atoms with Crippen molar-refractivity contribution in [1.82, 2.24) is 0 Å². The fourth-order valence-corrected chi connectivity index (χ4v) is 6.90. The summed E-state index contributed by atoms with van der Waals surface area (Å²) in [5.41, 5.74) is 2.86. The molecule has 0 spiro atoms. The lowest BCUT2D eigenvalue weighted by molar-refractivity contribution is 0.253. The first-order valence-electron chi connectivity index (χ1n) is 16.5.